The second-order valence-electron chi connectivity index (χ2n) is 8.20. The van der Waals surface area contributed by atoms with Crippen molar-refractivity contribution in [2.45, 2.75) is 26.0 Å². The van der Waals surface area contributed by atoms with Crippen molar-refractivity contribution in [3.8, 4) is 5.75 Å². The summed E-state index contributed by atoms with van der Waals surface area (Å²) >= 11 is 0. The Kier molecular flexibility index (Phi) is 3.96. The van der Waals surface area contributed by atoms with Crippen LogP contribution < -0.4 is 10.1 Å². The van der Waals surface area contributed by atoms with Crippen LogP contribution in [0.15, 0.2) is 84.7 Å². The molecular weight excluding hydrogens is 384 g/mol. The van der Waals surface area contributed by atoms with Gasteiger partial charge in [-0.05, 0) is 37.1 Å². The minimum atomic E-state index is -0.235. The third kappa shape index (κ3) is 2.85. The molecule has 2 atom stereocenters. The average molecular weight is 406 g/mol. The van der Waals surface area contributed by atoms with Gasteiger partial charge in [0.15, 0.2) is 0 Å². The molecule has 2 aliphatic rings. The van der Waals surface area contributed by atoms with Gasteiger partial charge in [-0.15, -0.1) is 0 Å². The standard InChI is InChI=1S/C26H22N4O/c1-16-7-11-18(12-8-16)24-22-23(29-26-27-15-28-30(24)26)20-5-3-4-6-21(20)31-25(22)19-13-9-17(2)10-14-19/h3-15,24-25H,1-2H3,(H,27,28,29)/t24-,25-/m0/s1. The monoisotopic (exact) mass is 406 g/mol. The molecule has 0 amide bonds. The van der Waals surface area contributed by atoms with Gasteiger partial charge in [-0.3, -0.25) is 0 Å². The predicted octanol–water partition coefficient (Wildman–Crippen LogP) is 5.45. The Morgan fingerprint density at radius 2 is 1.52 bits per heavy atom. The minimum Gasteiger partial charge on any atom is -0.480 e. The number of hydrogen-bond acceptors (Lipinski definition) is 4. The van der Waals surface area contributed by atoms with Crippen molar-refractivity contribution in [3.05, 3.63) is 113 Å². The number of anilines is 1. The molecule has 152 valence electrons. The fraction of sp³-hybridized carbons (Fsp3) is 0.154. The Balaban J connectivity index is 1.62. The maximum Gasteiger partial charge on any atom is 0.226 e. The number of ether oxygens (including phenoxy) is 1. The number of nitrogens with one attached hydrogen (secondary N) is 1. The highest BCUT2D eigenvalue weighted by Crippen LogP contribution is 2.50. The summed E-state index contributed by atoms with van der Waals surface area (Å²) in [6, 6.07) is 25.3. The summed E-state index contributed by atoms with van der Waals surface area (Å²) in [6.45, 7) is 4.21. The van der Waals surface area contributed by atoms with Crippen LogP contribution in [0.1, 0.15) is 40.0 Å². The van der Waals surface area contributed by atoms with Crippen molar-refractivity contribution in [2.24, 2.45) is 0 Å². The van der Waals surface area contributed by atoms with Gasteiger partial charge in [-0.2, -0.15) is 10.1 Å². The van der Waals surface area contributed by atoms with Gasteiger partial charge in [0, 0.05) is 11.1 Å². The lowest BCUT2D eigenvalue weighted by molar-refractivity contribution is 0.223. The molecule has 3 heterocycles. The van der Waals surface area contributed by atoms with Crippen molar-refractivity contribution in [2.75, 3.05) is 5.32 Å². The van der Waals surface area contributed by atoms with Crippen LogP contribution in [0.25, 0.3) is 5.70 Å². The maximum absolute atomic E-state index is 6.64. The first-order valence-corrected chi connectivity index (χ1v) is 10.5. The van der Waals surface area contributed by atoms with E-state index in [-0.39, 0.29) is 12.1 Å². The van der Waals surface area contributed by atoms with E-state index in [4.69, 9.17) is 4.74 Å². The first-order chi connectivity index (χ1) is 15.2. The lowest BCUT2D eigenvalue weighted by Crippen LogP contribution is -2.32. The number of rotatable bonds is 2. The van der Waals surface area contributed by atoms with Gasteiger partial charge >= 0.3 is 0 Å². The Morgan fingerprint density at radius 3 is 2.26 bits per heavy atom. The lowest BCUT2D eigenvalue weighted by Gasteiger charge is -2.39. The Hall–Kier alpha value is -3.86. The van der Waals surface area contributed by atoms with Gasteiger partial charge in [0.2, 0.25) is 5.95 Å². The molecule has 0 bridgehead atoms. The third-order valence-electron chi connectivity index (χ3n) is 6.09. The van der Waals surface area contributed by atoms with Crippen LogP contribution >= 0.6 is 0 Å². The number of nitrogens with zero attached hydrogens (tertiary/aromatic N) is 3. The molecule has 1 N–H and O–H groups in total. The summed E-state index contributed by atoms with van der Waals surface area (Å²) in [5.41, 5.74) is 7.98. The van der Waals surface area contributed by atoms with E-state index in [0.717, 1.165) is 39.7 Å². The maximum atomic E-state index is 6.64. The number of aryl methyl sites for hydroxylation is 2. The van der Waals surface area contributed by atoms with E-state index in [1.54, 1.807) is 6.33 Å². The summed E-state index contributed by atoms with van der Waals surface area (Å²) in [7, 11) is 0. The van der Waals surface area contributed by atoms with E-state index in [1.807, 2.05) is 22.9 Å². The topological polar surface area (TPSA) is 52.0 Å². The number of benzene rings is 3. The Morgan fingerprint density at radius 1 is 0.839 bits per heavy atom. The van der Waals surface area contributed by atoms with Crippen molar-refractivity contribution in [3.63, 3.8) is 0 Å². The van der Waals surface area contributed by atoms with Gasteiger partial charge in [0.05, 0.1) is 5.70 Å². The molecule has 0 radical (unpaired) electrons. The number of fused-ring (bicyclic) bond motifs is 3. The van der Waals surface area contributed by atoms with Crippen molar-refractivity contribution >= 4 is 11.6 Å². The van der Waals surface area contributed by atoms with Gasteiger partial charge in [0.25, 0.3) is 0 Å². The molecule has 0 unspecified atom stereocenters. The van der Waals surface area contributed by atoms with Gasteiger partial charge in [0.1, 0.15) is 24.2 Å². The molecule has 6 rings (SSSR count). The Labute approximate surface area is 181 Å². The van der Waals surface area contributed by atoms with Crippen LogP contribution in [0, 0.1) is 13.8 Å². The summed E-state index contributed by atoms with van der Waals surface area (Å²) in [4.78, 5) is 4.49. The van der Waals surface area contributed by atoms with E-state index in [0.29, 0.717) is 0 Å². The van der Waals surface area contributed by atoms with E-state index in [1.165, 1.54) is 11.1 Å². The SMILES string of the molecule is Cc1ccc([C@@H]2Oc3ccccc3C3=C2[C@H](c2ccc(C)cc2)n2ncnc2N3)cc1. The van der Waals surface area contributed by atoms with Crippen LogP contribution in [-0.2, 0) is 0 Å². The fourth-order valence-corrected chi connectivity index (χ4v) is 4.50. The second kappa shape index (κ2) is 6.84. The van der Waals surface area contributed by atoms with Crippen molar-refractivity contribution in [1.29, 1.82) is 0 Å². The molecule has 31 heavy (non-hydrogen) atoms. The molecule has 0 saturated heterocycles. The van der Waals surface area contributed by atoms with Crippen molar-refractivity contribution in [1.82, 2.24) is 14.8 Å². The summed E-state index contributed by atoms with van der Waals surface area (Å²) in [5, 5.41) is 8.13. The number of para-hydroxylation sites is 1. The molecule has 5 nitrogen and oxygen atoms in total. The first-order valence-electron chi connectivity index (χ1n) is 10.5. The molecule has 2 aliphatic heterocycles. The smallest absolute Gasteiger partial charge is 0.226 e. The van der Waals surface area contributed by atoms with E-state index in [9.17, 15) is 0 Å². The molecule has 4 aromatic rings. The average Bonchev–Trinajstić information content (AvgIpc) is 3.27. The lowest BCUT2D eigenvalue weighted by atomic mass is 9.84. The first kappa shape index (κ1) is 18.0. The van der Waals surface area contributed by atoms with Crippen LogP contribution in [0.4, 0.5) is 5.95 Å². The van der Waals surface area contributed by atoms with E-state index in [2.05, 4.69) is 83.8 Å². The second-order valence-corrected chi connectivity index (χ2v) is 8.20. The molecule has 0 aliphatic carbocycles. The van der Waals surface area contributed by atoms with Crippen LogP contribution in [0.3, 0.4) is 0 Å². The predicted molar refractivity (Wildman–Crippen MR) is 121 cm³/mol. The normalized spacial score (nSPS) is 19.0. The molecular formula is C26H22N4O. The highest BCUT2D eigenvalue weighted by atomic mass is 16.5. The number of aromatic nitrogens is 3. The molecule has 0 saturated carbocycles. The van der Waals surface area contributed by atoms with Gasteiger partial charge in [-0.25, -0.2) is 4.68 Å². The zero-order valence-electron chi connectivity index (χ0n) is 17.4. The van der Waals surface area contributed by atoms with Crippen LogP contribution in [-0.4, -0.2) is 14.8 Å². The van der Waals surface area contributed by atoms with E-state index < -0.39 is 0 Å². The quantitative estimate of drug-likeness (QED) is 0.481. The van der Waals surface area contributed by atoms with Crippen LogP contribution in [0.5, 0.6) is 5.75 Å². The highest BCUT2D eigenvalue weighted by molar-refractivity contribution is 5.85. The van der Waals surface area contributed by atoms with Gasteiger partial charge in [-0.1, -0.05) is 71.8 Å². The molecule has 0 fully saturated rings. The fourth-order valence-electron chi connectivity index (χ4n) is 4.50. The molecule has 3 aromatic carbocycles. The molecule has 5 heteroatoms. The number of hydrogen-bond donors (Lipinski definition) is 1. The molecule has 0 spiro atoms. The zero-order valence-corrected chi connectivity index (χ0v) is 17.4. The zero-order chi connectivity index (χ0) is 20.9. The minimum absolute atomic E-state index is 0.117. The van der Waals surface area contributed by atoms with Crippen LogP contribution in [0.2, 0.25) is 0 Å². The summed E-state index contributed by atoms with van der Waals surface area (Å²) in [6.07, 6.45) is 1.37. The molecule has 1 aromatic heterocycles. The largest absolute Gasteiger partial charge is 0.480 e. The van der Waals surface area contributed by atoms with E-state index >= 15 is 0 Å². The van der Waals surface area contributed by atoms with Crippen molar-refractivity contribution < 1.29 is 4.74 Å². The summed E-state index contributed by atoms with van der Waals surface area (Å²) < 4.78 is 8.60. The Bertz CT molecular complexity index is 1300. The summed E-state index contributed by atoms with van der Waals surface area (Å²) in [5.74, 6) is 1.61. The highest BCUT2D eigenvalue weighted by Gasteiger charge is 2.40. The third-order valence-corrected chi connectivity index (χ3v) is 6.09. The van der Waals surface area contributed by atoms with Gasteiger partial charge < -0.3 is 10.1 Å².